The number of nitrogens with one attached hydrogen (secondary N) is 2. The lowest BCUT2D eigenvalue weighted by Crippen LogP contribution is -2.54. The zero-order valence-electron chi connectivity index (χ0n) is 32.9. The van der Waals surface area contributed by atoms with Gasteiger partial charge in [-0.15, -0.1) is 10.2 Å². The highest BCUT2D eigenvalue weighted by Gasteiger charge is 2.52. The van der Waals surface area contributed by atoms with Gasteiger partial charge in [0.2, 0.25) is 11.8 Å². The van der Waals surface area contributed by atoms with Crippen LogP contribution in [0.1, 0.15) is 107 Å². The van der Waals surface area contributed by atoms with Crippen molar-refractivity contribution in [3.63, 3.8) is 0 Å². The Kier molecular flexibility index (Phi) is 9.74. The number of rotatable bonds is 14. The van der Waals surface area contributed by atoms with Crippen LogP contribution in [-0.4, -0.2) is 102 Å². The molecule has 0 bridgehead atoms. The first kappa shape index (κ1) is 37.5. The number of benzene rings is 1. The van der Waals surface area contributed by atoms with Crippen LogP contribution >= 0.6 is 0 Å². The summed E-state index contributed by atoms with van der Waals surface area (Å²) < 4.78 is 1.93. The molecular weight excluding hydrogens is 739 g/mol. The molecule has 1 aliphatic carbocycles. The van der Waals surface area contributed by atoms with Crippen molar-refractivity contribution in [2.24, 2.45) is 0 Å². The Morgan fingerprint density at radius 3 is 2.59 bits per heavy atom. The van der Waals surface area contributed by atoms with Crippen LogP contribution in [0, 0.1) is 0 Å². The van der Waals surface area contributed by atoms with Crippen LogP contribution in [0.3, 0.4) is 0 Å². The molecule has 300 valence electrons. The molecule has 58 heavy (non-hydrogen) atoms. The lowest BCUT2D eigenvalue weighted by molar-refractivity contribution is -0.136. The first-order valence-electron chi connectivity index (χ1n) is 20.4. The highest BCUT2D eigenvalue weighted by atomic mass is 16.2. The van der Waals surface area contributed by atoms with Crippen LogP contribution < -0.4 is 20.4 Å². The number of nitrogens with zero attached hydrogens (tertiary/aromatic N) is 9. The maximum atomic E-state index is 14.2. The van der Waals surface area contributed by atoms with E-state index in [2.05, 4.69) is 37.7 Å². The van der Waals surface area contributed by atoms with Crippen LogP contribution in [0.4, 0.5) is 17.3 Å². The van der Waals surface area contributed by atoms with E-state index in [1.54, 1.807) is 29.4 Å². The van der Waals surface area contributed by atoms with Gasteiger partial charge in [-0.05, 0) is 95.8 Å². The smallest absolute Gasteiger partial charge is 0.264 e. The van der Waals surface area contributed by atoms with Gasteiger partial charge in [0.1, 0.15) is 29.7 Å². The van der Waals surface area contributed by atoms with Gasteiger partial charge in [-0.1, -0.05) is 18.6 Å². The molecule has 9 rings (SSSR count). The molecule has 1 spiro atoms. The average Bonchev–Trinajstić information content (AvgIpc) is 3.48. The molecule has 2 N–H and O–H groups in total. The second-order valence-corrected chi connectivity index (χ2v) is 16.0. The number of amides is 5. The molecule has 5 amide bonds. The van der Waals surface area contributed by atoms with Gasteiger partial charge in [0.25, 0.3) is 17.7 Å². The van der Waals surface area contributed by atoms with Crippen LogP contribution in [0.15, 0.2) is 48.8 Å². The summed E-state index contributed by atoms with van der Waals surface area (Å²) in [5, 5.41) is 13.9. The molecule has 3 aromatic heterocycles. The van der Waals surface area contributed by atoms with E-state index in [1.807, 2.05) is 35.8 Å². The second kappa shape index (κ2) is 15.0. The Hall–Kier alpha value is -6.03. The summed E-state index contributed by atoms with van der Waals surface area (Å²) in [7, 11) is 2.09. The number of hydrogen-bond donors (Lipinski definition) is 2. The third kappa shape index (κ3) is 6.68. The Morgan fingerprint density at radius 1 is 0.931 bits per heavy atom. The molecule has 1 saturated carbocycles. The van der Waals surface area contributed by atoms with E-state index in [4.69, 9.17) is 9.97 Å². The zero-order chi connectivity index (χ0) is 40.1. The van der Waals surface area contributed by atoms with Crippen molar-refractivity contribution in [3.05, 3.63) is 76.7 Å². The monoisotopic (exact) mass is 785 g/mol. The molecule has 4 aromatic rings. The van der Waals surface area contributed by atoms with Crippen LogP contribution in [0.25, 0.3) is 11.5 Å². The Bertz CT molecular complexity index is 2340. The highest BCUT2D eigenvalue weighted by Crippen LogP contribution is 2.51. The quantitative estimate of drug-likeness (QED) is 0.138. The summed E-state index contributed by atoms with van der Waals surface area (Å²) in [6, 6.07) is 11.8. The number of aromatic nitrogens is 5. The van der Waals surface area contributed by atoms with Crippen molar-refractivity contribution in [1.82, 2.24) is 39.8 Å². The fourth-order valence-corrected chi connectivity index (χ4v) is 9.05. The number of imide groups is 2. The largest absolute Gasteiger partial charge is 0.384 e. The first-order valence-corrected chi connectivity index (χ1v) is 20.4. The summed E-state index contributed by atoms with van der Waals surface area (Å²) in [6.07, 6.45) is 9.17. The van der Waals surface area contributed by atoms with E-state index < -0.39 is 29.7 Å². The SMILES string of the molecule is CCn1cnnc1-c1cccc(N2Cc3c(cc(N4CCCC45CC5)nc3CN(C)CCCCCNc3cccc4c3C(=O)N(C3CCC(=O)NC3=O)C4=O)C2=O)n1. The minimum atomic E-state index is -1.00. The molecule has 16 heteroatoms. The maximum Gasteiger partial charge on any atom is 0.264 e. The Balaban J connectivity index is 0.844. The molecule has 5 aliphatic rings. The van der Waals surface area contributed by atoms with Gasteiger partial charge in [0.05, 0.1) is 28.9 Å². The van der Waals surface area contributed by atoms with Gasteiger partial charge in [-0.3, -0.25) is 39.1 Å². The molecule has 1 aromatic carbocycles. The number of pyridine rings is 2. The molecule has 0 radical (unpaired) electrons. The summed E-state index contributed by atoms with van der Waals surface area (Å²) in [4.78, 5) is 82.6. The first-order chi connectivity index (χ1) is 28.2. The fraction of sp³-hybridized carbons (Fsp3) is 0.452. The van der Waals surface area contributed by atoms with E-state index >= 15 is 0 Å². The number of carbonyl (C=O) groups excluding carboxylic acids is 5. The Morgan fingerprint density at radius 2 is 1.78 bits per heavy atom. The van der Waals surface area contributed by atoms with Crippen molar-refractivity contribution in [2.75, 3.05) is 41.8 Å². The van der Waals surface area contributed by atoms with Gasteiger partial charge in [-0.25, -0.2) is 9.97 Å². The molecule has 4 aliphatic heterocycles. The minimum absolute atomic E-state index is 0.0699. The predicted molar refractivity (Wildman–Crippen MR) is 214 cm³/mol. The van der Waals surface area contributed by atoms with Gasteiger partial charge >= 0.3 is 0 Å². The number of piperidine rings is 1. The molecule has 1 unspecified atom stereocenters. The molecule has 1 atom stereocenters. The van der Waals surface area contributed by atoms with Crippen molar-refractivity contribution in [3.8, 4) is 11.5 Å². The summed E-state index contributed by atoms with van der Waals surface area (Å²) in [6.45, 7) is 6.08. The lowest BCUT2D eigenvalue weighted by Gasteiger charge is -2.27. The number of carbonyl (C=O) groups is 5. The summed E-state index contributed by atoms with van der Waals surface area (Å²) in [5.74, 6) is -0.0131. The maximum absolute atomic E-state index is 14.2. The topological polar surface area (TPSA) is 179 Å². The molecule has 3 fully saturated rings. The molecule has 2 saturated heterocycles. The van der Waals surface area contributed by atoms with Crippen LogP contribution in [0.2, 0.25) is 0 Å². The van der Waals surface area contributed by atoms with E-state index in [9.17, 15) is 24.0 Å². The third-order valence-corrected chi connectivity index (χ3v) is 12.3. The van der Waals surface area contributed by atoms with E-state index in [1.165, 1.54) is 0 Å². The number of hydrogen-bond acceptors (Lipinski definition) is 12. The van der Waals surface area contributed by atoms with Gasteiger partial charge in [-0.2, -0.15) is 0 Å². The van der Waals surface area contributed by atoms with Gasteiger partial charge in [0.15, 0.2) is 5.82 Å². The second-order valence-electron chi connectivity index (χ2n) is 16.0. The van der Waals surface area contributed by atoms with Gasteiger partial charge in [0, 0.05) is 49.4 Å². The van der Waals surface area contributed by atoms with Crippen molar-refractivity contribution in [1.29, 1.82) is 0 Å². The fourth-order valence-electron chi connectivity index (χ4n) is 9.05. The number of fused-ring (bicyclic) bond motifs is 2. The lowest BCUT2D eigenvalue weighted by atomic mass is 10.0. The minimum Gasteiger partial charge on any atom is -0.384 e. The predicted octanol–water partition coefficient (Wildman–Crippen LogP) is 4.16. The highest BCUT2D eigenvalue weighted by molar-refractivity contribution is 6.25. The summed E-state index contributed by atoms with van der Waals surface area (Å²) >= 11 is 0. The van der Waals surface area contributed by atoms with Crippen LogP contribution in [0.5, 0.6) is 0 Å². The summed E-state index contributed by atoms with van der Waals surface area (Å²) in [5.41, 5.74) is 4.48. The van der Waals surface area contributed by atoms with Crippen LogP contribution in [-0.2, 0) is 29.2 Å². The standard InChI is InChI=1S/C42H47N11O5/c1-3-50-25-44-48-37(50)30-12-8-13-33(45-30)51-23-28-27(39(51)56)22-34(52-21-9-16-42(52)17-18-42)46-31(28)24-49(2)20-6-4-5-19-43-29-11-7-10-26-36(29)41(58)53(40(26)57)32-14-15-35(54)47-38(32)55/h7-8,10-13,22,25,32,43H,3-6,9,14-21,23-24H2,1-2H3,(H,47,54,55). The van der Waals surface area contributed by atoms with E-state index in [0.717, 1.165) is 80.0 Å². The molecular formula is C42H47N11O5. The van der Waals surface area contributed by atoms with E-state index in [0.29, 0.717) is 54.8 Å². The number of aryl methyl sites for hydroxylation is 1. The zero-order valence-corrected chi connectivity index (χ0v) is 32.9. The Labute approximate surface area is 336 Å². The molecule has 16 nitrogen and oxygen atoms in total. The number of unbranched alkanes of at least 4 members (excludes halogenated alkanes) is 2. The van der Waals surface area contributed by atoms with Crippen molar-refractivity contribution < 1.29 is 24.0 Å². The normalized spacial score (nSPS) is 19.5. The van der Waals surface area contributed by atoms with Crippen molar-refractivity contribution in [2.45, 2.75) is 95.9 Å². The van der Waals surface area contributed by atoms with E-state index in [-0.39, 0.29) is 35.4 Å². The third-order valence-electron chi connectivity index (χ3n) is 12.3. The molecule has 7 heterocycles. The van der Waals surface area contributed by atoms with Gasteiger partial charge < -0.3 is 19.7 Å². The van der Waals surface area contributed by atoms with Crippen molar-refractivity contribution >= 4 is 46.9 Å². The average molecular weight is 786 g/mol. The number of anilines is 3.